The van der Waals surface area contributed by atoms with E-state index in [-0.39, 0.29) is 11.9 Å². The summed E-state index contributed by atoms with van der Waals surface area (Å²) >= 11 is 0. The second kappa shape index (κ2) is 8.47. The number of hydrogen-bond donors (Lipinski definition) is 0. The quantitative estimate of drug-likeness (QED) is 0.748. The van der Waals surface area contributed by atoms with Gasteiger partial charge < -0.3 is 14.4 Å². The van der Waals surface area contributed by atoms with Crippen LogP contribution in [0, 0.1) is 13.8 Å². The number of amides is 1. The summed E-state index contributed by atoms with van der Waals surface area (Å²) in [5.41, 5.74) is 4.78. The maximum absolute atomic E-state index is 13.0. The molecule has 4 heteroatoms. The highest BCUT2D eigenvalue weighted by atomic mass is 16.5. The molecule has 0 saturated carbocycles. The van der Waals surface area contributed by atoms with Gasteiger partial charge in [0, 0.05) is 13.0 Å². The highest BCUT2D eigenvalue weighted by Gasteiger charge is 2.29. The van der Waals surface area contributed by atoms with E-state index in [1.54, 1.807) is 14.2 Å². The molecule has 0 aliphatic carbocycles. The van der Waals surface area contributed by atoms with Crippen LogP contribution in [-0.2, 0) is 11.2 Å². The third-order valence-electron chi connectivity index (χ3n) is 5.30. The predicted molar refractivity (Wildman–Crippen MR) is 107 cm³/mol. The molecular weight excluding hydrogens is 338 g/mol. The summed E-state index contributed by atoms with van der Waals surface area (Å²) < 4.78 is 10.7. The molecule has 144 valence electrons. The second-order valence-corrected chi connectivity index (χ2v) is 7.34. The lowest BCUT2D eigenvalue weighted by Gasteiger charge is -2.26. The number of rotatable bonds is 6. The Bertz CT molecular complexity index is 795. The summed E-state index contributed by atoms with van der Waals surface area (Å²) in [7, 11) is 3.30. The van der Waals surface area contributed by atoms with E-state index in [1.165, 1.54) is 16.7 Å². The Morgan fingerprint density at radius 2 is 1.81 bits per heavy atom. The minimum absolute atomic E-state index is 0.198. The second-order valence-electron chi connectivity index (χ2n) is 7.34. The number of hydrogen-bond acceptors (Lipinski definition) is 3. The van der Waals surface area contributed by atoms with Gasteiger partial charge in [0.15, 0.2) is 0 Å². The first-order valence-electron chi connectivity index (χ1n) is 9.60. The number of benzene rings is 2. The molecule has 3 rings (SSSR count). The molecule has 4 nitrogen and oxygen atoms in total. The lowest BCUT2D eigenvalue weighted by Crippen LogP contribution is -2.30. The number of methoxy groups -OCH3 is 2. The van der Waals surface area contributed by atoms with Crippen molar-refractivity contribution in [2.45, 2.75) is 45.6 Å². The highest BCUT2D eigenvalue weighted by Crippen LogP contribution is 2.34. The Hall–Kier alpha value is -2.49. The van der Waals surface area contributed by atoms with E-state index in [0.717, 1.165) is 36.4 Å². The number of carbonyl (C=O) groups excluding carboxylic acids is 1. The molecule has 1 amide bonds. The monoisotopic (exact) mass is 367 g/mol. The lowest BCUT2D eigenvalue weighted by atomic mass is 9.99. The van der Waals surface area contributed by atoms with Gasteiger partial charge >= 0.3 is 0 Å². The van der Waals surface area contributed by atoms with Crippen LogP contribution in [-0.4, -0.2) is 31.6 Å². The van der Waals surface area contributed by atoms with Crippen molar-refractivity contribution in [2.24, 2.45) is 0 Å². The van der Waals surface area contributed by atoms with E-state index in [9.17, 15) is 4.79 Å². The molecule has 0 bridgehead atoms. The van der Waals surface area contributed by atoms with Crippen LogP contribution in [0.4, 0.5) is 0 Å². The van der Waals surface area contributed by atoms with Crippen molar-refractivity contribution in [1.82, 2.24) is 4.90 Å². The van der Waals surface area contributed by atoms with Gasteiger partial charge in [-0.1, -0.05) is 29.3 Å². The zero-order valence-corrected chi connectivity index (χ0v) is 16.7. The van der Waals surface area contributed by atoms with Gasteiger partial charge in [0.05, 0.1) is 20.3 Å². The molecule has 0 aromatic heterocycles. The van der Waals surface area contributed by atoms with Crippen molar-refractivity contribution < 1.29 is 14.3 Å². The summed E-state index contributed by atoms with van der Waals surface area (Å²) in [6.45, 7) is 5.07. The van der Waals surface area contributed by atoms with Crippen molar-refractivity contribution >= 4 is 5.91 Å². The van der Waals surface area contributed by atoms with Crippen molar-refractivity contribution in [1.29, 1.82) is 0 Å². The third-order valence-corrected chi connectivity index (χ3v) is 5.30. The van der Waals surface area contributed by atoms with Crippen LogP contribution < -0.4 is 9.47 Å². The first kappa shape index (κ1) is 19.3. The van der Waals surface area contributed by atoms with E-state index in [1.807, 2.05) is 18.2 Å². The molecule has 1 unspecified atom stereocenters. The molecule has 0 spiro atoms. The number of nitrogens with zero attached hydrogens (tertiary/aromatic N) is 1. The van der Waals surface area contributed by atoms with Gasteiger partial charge in [0.1, 0.15) is 11.5 Å². The van der Waals surface area contributed by atoms with Crippen LogP contribution in [0.25, 0.3) is 0 Å². The Kier molecular flexibility index (Phi) is 6.04. The number of carbonyl (C=O) groups is 1. The van der Waals surface area contributed by atoms with E-state index < -0.39 is 0 Å². The molecule has 0 N–H and O–H groups in total. The average Bonchev–Trinajstić information content (AvgIpc) is 3.15. The molecule has 1 aliphatic rings. The van der Waals surface area contributed by atoms with Crippen LogP contribution >= 0.6 is 0 Å². The first-order chi connectivity index (χ1) is 13.0. The van der Waals surface area contributed by atoms with Gasteiger partial charge in [-0.15, -0.1) is 0 Å². The summed E-state index contributed by atoms with van der Waals surface area (Å²) in [6, 6.07) is 12.5. The van der Waals surface area contributed by atoms with Gasteiger partial charge in [0.2, 0.25) is 5.91 Å². The summed E-state index contributed by atoms with van der Waals surface area (Å²) in [5, 5.41) is 0. The summed E-state index contributed by atoms with van der Waals surface area (Å²) in [6.07, 6.45) is 3.23. The van der Waals surface area contributed by atoms with Crippen LogP contribution in [0.5, 0.6) is 11.5 Å². The number of likely N-dealkylation sites (tertiary alicyclic amines) is 1. The first-order valence-corrected chi connectivity index (χ1v) is 9.60. The summed E-state index contributed by atoms with van der Waals surface area (Å²) in [4.78, 5) is 15.0. The van der Waals surface area contributed by atoms with E-state index in [2.05, 4.69) is 36.9 Å². The van der Waals surface area contributed by atoms with Crippen molar-refractivity contribution in [3.63, 3.8) is 0 Å². The van der Waals surface area contributed by atoms with Crippen LogP contribution in [0.2, 0.25) is 0 Å². The predicted octanol–water partition coefficient (Wildman–Crippen LogP) is 4.62. The zero-order chi connectivity index (χ0) is 19.4. The van der Waals surface area contributed by atoms with Crippen molar-refractivity contribution in [2.75, 3.05) is 20.8 Å². The van der Waals surface area contributed by atoms with Gasteiger partial charge in [-0.05, 0) is 62.4 Å². The zero-order valence-electron chi connectivity index (χ0n) is 16.7. The van der Waals surface area contributed by atoms with E-state index >= 15 is 0 Å². The Morgan fingerprint density at radius 1 is 1.07 bits per heavy atom. The largest absolute Gasteiger partial charge is 0.497 e. The fourth-order valence-electron chi connectivity index (χ4n) is 4.08. The van der Waals surface area contributed by atoms with Gasteiger partial charge in [-0.2, -0.15) is 0 Å². The van der Waals surface area contributed by atoms with E-state index in [4.69, 9.17) is 9.47 Å². The topological polar surface area (TPSA) is 38.8 Å². The summed E-state index contributed by atoms with van der Waals surface area (Å²) in [5.74, 6) is 1.80. The molecule has 1 fully saturated rings. The Morgan fingerprint density at radius 3 is 2.48 bits per heavy atom. The molecular formula is C23H29NO3. The third kappa shape index (κ3) is 4.44. The number of ether oxygens (including phenoxy) is 2. The van der Waals surface area contributed by atoms with Crippen LogP contribution in [0.1, 0.15) is 47.6 Å². The van der Waals surface area contributed by atoms with Crippen LogP contribution in [0.15, 0.2) is 36.4 Å². The molecule has 1 saturated heterocycles. The minimum atomic E-state index is 0.198. The maximum Gasteiger partial charge on any atom is 0.223 e. The average molecular weight is 367 g/mol. The molecule has 0 radical (unpaired) electrons. The Balaban J connectivity index is 1.72. The molecule has 1 aliphatic heterocycles. The van der Waals surface area contributed by atoms with Gasteiger partial charge in [0.25, 0.3) is 0 Å². The SMILES string of the molecule is COc1ccc(OC)c(CCC(=O)N2CCCC2c2cc(C)cc(C)c2)c1. The molecule has 1 heterocycles. The van der Waals surface area contributed by atoms with Gasteiger partial charge in [-0.3, -0.25) is 4.79 Å². The number of aryl methyl sites for hydroxylation is 3. The standard InChI is InChI=1S/C23H29NO3/c1-16-12-17(2)14-19(13-16)21-6-5-11-24(21)23(25)10-7-18-15-20(26-3)8-9-22(18)27-4/h8-9,12-15,21H,5-7,10-11H2,1-4H3. The van der Waals surface area contributed by atoms with E-state index in [0.29, 0.717) is 12.8 Å². The minimum Gasteiger partial charge on any atom is -0.497 e. The fourth-order valence-corrected chi connectivity index (χ4v) is 4.08. The van der Waals surface area contributed by atoms with Gasteiger partial charge in [-0.25, -0.2) is 0 Å². The molecule has 1 atom stereocenters. The molecule has 27 heavy (non-hydrogen) atoms. The van der Waals surface area contributed by atoms with Crippen molar-refractivity contribution in [3.8, 4) is 11.5 Å². The normalized spacial score (nSPS) is 16.4. The Labute approximate surface area is 162 Å². The van der Waals surface area contributed by atoms with Crippen LogP contribution in [0.3, 0.4) is 0 Å². The fraction of sp³-hybridized carbons (Fsp3) is 0.435. The molecule has 2 aromatic carbocycles. The lowest BCUT2D eigenvalue weighted by molar-refractivity contribution is -0.132. The smallest absolute Gasteiger partial charge is 0.223 e. The van der Waals surface area contributed by atoms with Crippen molar-refractivity contribution in [3.05, 3.63) is 58.7 Å². The highest BCUT2D eigenvalue weighted by molar-refractivity contribution is 5.77. The molecule has 2 aromatic rings. The maximum atomic E-state index is 13.0.